The third kappa shape index (κ3) is 2.47. The van der Waals surface area contributed by atoms with Crippen molar-refractivity contribution in [2.75, 3.05) is 13.1 Å². The van der Waals surface area contributed by atoms with Crippen LogP contribution in [0.2, 0.25) is 0 Å². The van der Waals surface area contributed by atoms with E-state index in [0.29, 0.717) is 12.2 Å². The first-order valence-electron chi connectivity index (χ1n) is 5.85. The van der Waals surface area contributed by atoms with Crippen LogP contribution in [0.15, 0.2) is 24.4 Å². The van der Waals surface area contributed by atoms with Gasteiger partial charge in [-0.15, -0.1) is 0 Å². The van der Waals surface area contributed by atoms with Crippen LogP contribution in [0, 0.1) is 5.41 Å². The highest BCUT2D eigenvalue weighted by Gasteiger charge is 2.34. The summed E-state index contributed by atoms with van der Waals surface area (Å²) in [6.07, 6.45) is 4.28. The van der Waals surface area contributed by atoms with Crippen LogP contribution in [-0.4, -0.2) is 23.9 Å². The van der Waals surface area contributed by atoms with Crippen molar-refractivity contribution in [1.29, 1.82) is 0 Å². The second-order valence-electron chi connectivity index (χ2n) is 4.76. The standard InChI is InChI=1S/C13H18N2O/c1-13(6-4-7-14-10-13)12(16)9-11-5-2-3-8-15-11/h2-3,5,8,14H,4,6-7,9-10H2,1H3. The molecule has 1 aliphatic rings. The Kier molecular flexibility index (Phi) is 3.34. The smallest absolute Gasteiger partial charge is 0.145 e. The van der Waals surface area contributed by atoms with Crippen molar-refractivity contribution in [1.82, 2.24) is 10.3 Å². The van der Waals surface area contributed by atoms with Gasteiger partial charge in [-0.2, -0.15) is 0 Å². The fraction of sp³-hybridized carbons (Fsp3) is 0.538. The maximum Gasteiger partial charge on any atom is 0.145 e. The fourth-order valence-corrected chi connectivity index (χ4v) is 2.17. The van der Waals surface area contributed by atoms with Gasteiger partial charge in [0.1, 0.15) is 5.78 Å². The average molecular weight is 218 g/mol. The maximum atomic E-state index is 12.2. The zero-order chi connectivity index (χ0) is 11.4. The molecule has 1 unspecified atom stereocenters. The van der Waals surface area contributed by atoms with E-state index in [0.717, 1.165) is 31.6 Å². The zero-order valence-corrected chi connectivity index (χ0v) is 9.70. The number of ketones is 1. The minimum atomic E-state index is -0.199. The number of rotatable bonds is 3. The summed E-state index contributed by atoms with van der Waals surface area (Å²) < 4.78 is 0. The van der Waals surface area contributed by atoms with E-state index in [-0.39, 0.29) is 5.41 Å². The van der Waals surface area contributed by atoms with Crippen LogP contribution in [-0.2, 0) is 11.2 Å². The molecule has 3 nitrogen and oxygen atoms in total. The van der Waals surface area contributed by atoms with Gasteiger partial charge < -0.3 is 5.32 Å². The number of Topliss-reactive ketones (excluding diaryl/α,β-unsaturated/α-hetero) is 1. The monoisotopic (exact) mass is 218 g/mol. The number of aromatic nitrogens is 1. The lowest BCUT2D eigenvalue weighted by Crippen LogP contribution is -2.44. The number of nitrogens with zero attached hydrogens (tertiary/aromatic N) is 1. The summed E-state index contributed by atoms with van der Waals surface area (Å²) in [4.78, 5) is 16.4. The molecular weight excluding hydrogens is 200 g/mol. The SMILES string of the molecule is CC1(C(=O)Cc2ccccn2)CCCNC1. The molecule has 1 N–H and O–H groups in total. The number of hydrogen-bond donors (Lipinski definition) is 1. The number of carbonyl (C=O) groups is 1. The van der Waals surface area contributed by atoms with Crippen molar-refractivity contribution in [3.8, 4) is 0 Å². The molecule has 1 atom stereocenters. The van der Waals surface area contributed by atoms with Gasteiger partial charge in [0.05, 0.1) is 0 Å². The molecule has 86 valence electrons. The van der Waals surface area contributed by atoms with Crippen LogP contribution >= 0.6 is 0 Å². The summed E-state index contributed by atoms with van der Waals surface area (Å²) in [6, 6.07) is 5.71. The van der Waals surface area contributed by atoms with E-state index >= 15 is 0 Å². The lowest BCUT2D eigenvalue weighted by atomic mass is 9.77. The second kappa shape index (κ2) is 4.74. The predicted octanol–water partition coefficient (Wildman–Crippen LogP) is 1.58. The van der Waals surface area contributed by atoms with Gasteiger partial charge in [-0.25, -0.2) is 0 Å². The van der Waals surface area contributed by atoms with Crippen LogP contribution < -0.4 is 5.32 Å². The largest absolute Gasteiger partial charge is 0.316 e. The Morgan fingerprint density at radius 2 is 2.44 bits per heavy atom. The highest BCUT2D eigenvalue weighted by molar-refractivity contribution is 5.86. The first-order valence-corrected chi connectivity index (χ1v) is 5.85. The maximum absolute atomic E-state index is 12.2. The van der Waals surface area contributed by atoms with Crippen molar-refractivity contribution in [2.45, 2.75) is 26.2 Å². The van der Waals surface area contributed by atoms with Crippen LogP contribution in [0.25, 0.3) is 0 Å². The molecular formula is C13H18N2O. The zero-order valence-electron chi connectivity index (χ0n) is 9.70. The highest BCUT2D eigenvalue weighted by Crippen LogP contribution is 2.27. The molecule has 2 heterocycles. The molecule has 1 saturated heterocycles. The van der Waals surface area contributed by atoms with Gasteiger partial charge in [-0.05, 0) is 31.5 Å². The summed E-state index contributed by atoms with van der Waals surface area (Å²) in [6.45, 7) is 3.90. The van der Waals surface area contributed by atoms with E-state index in [9.17, 15) is 4.79 Å². The molecule has 0 radical (unpaired) electrons. The van der Waals surface area contributed by atoms with Crippen LogP contribution in [0.1, 0.15) is 25.5 Å². The molecule has 2 rings (SSSR count). The second-order valence-corrected chi connectivity index (χ2v) is 4.76. The van der Waals surface area contributed by atoms with E-state index in [2.05, 4.69) is 17.2 Å². The Labute approximate surface area is 96.3 Å². The molecule has 1 aliphatic heterocycles. The molecule has 1 aromatic rings. The molecule has 16 heavy (non-hydrogen) atoms. The van der Waals surface area contributed by atoms with Crippen LogP contribution in [0.3, 0.4) is 0 Å². The van der Waals surface area contributed by atoms with E-state index < -0.39 is 0 Å². The van der Waals surface area contributed by atoms with Gasteiger partial charge in [-0.1, -0.05) is 13.0 Å². The average Bonchev–Trinajstić information content (AvgIpc) is 2.31. The lowest BCUT2D eigenvalue weighted by molar-refractivity contribution is -0.128. The summed E-state index contributed by atoms with van der Waals surface area (Å²) >= 11 is 0. The number of carbonyl (C=O) groups excluding carboxylic acids is 1. The number of pyridine rings is 1. The Balaban J connectivity index is 2.02. The Bertz CT molecular complexity index is 355. The Morgan fingerprint density at radius 1 is 1.56 bits per heavy atom. The van der Waals surface area contributed by atoms with E-state index in [1.165, 1.54) is 0 Å². The number of piperidine rings is 1. The van der Waals surface area contributed by atoms with Gasteiger partial charge >= 0.3 is 0 Å². The lowest BCUT2D eigenvalue weighted by Gasteiger charge is -2.32. The van der Waals surface area contributed by atoms with Gasteiger partial charge in [0.2, 0.25) is 0 Å². The van der Waals surface area contributed by atoms with Gasteiger partial charge in [0, 0.05) is 30.3 Å². The van der Waals surface area contributed by atoms with Crippen molar-refractivity contribution in [3.05, 3.63) is 30.1 Å². The third-order valence-corrected chi connectivity index (χ3v) is 3.34. The normalized spacial score (nSPS) is 25.3. The topological polar surface area (TPSA) is 42.0 Å². The minimum absolute atomic E-state index is 0.199. The Morgan fingerprint density at radius 3 is 3.06 bits per heavy atom. The number of nitrogens with one attached hydrogen (secondary N) is 1. The summed E-state index contributed by atoms with van der Waals surface area (Å²) in [7, 11) is 0. The van der Waals surface area contributed by atoms with E-state index in [4.69, 9.17) is 0 Å². The highest BCUT2D eigenvalue weighted by atomic mass is 16.1. The minimum Gasteiger partial charge on any atom is -0.316 e. The van der Waals surface area contributed by atoms with Crippen LogP contribution in [0.5, 0.6) is 0 Å². The quantitative estimate of drug-likeness (QED) is 0.837. The Hall–Kier alpha value is -1.22. The van der Waals surface area contributed by atoms with Crippen molar-refractivity contribution < 1.29 is 4.79 Å². The fourth-order valence-electron chi connectivity index (χ4n) is 2.17. The van der Waals surface area contributed by atoms with Crippen LogP contribution in [0.4, 0.5) is 0 Å². The molecule has 0 amide bonds. The first-order chi connectivity index (χ1) is 7.71. The first kappa shape index (κ1) is 11.3. The van der Waals surface area contributed by atoms with Gasteiger partial charge in [0.25, 0.3) is 0 Å². The summed E-state index contributed by atoms with van der Waals surface area (Å²) in [5.74, 6) is 0.304. The van der Waals surface area contributed by atoms with Crippen molar-refractivity contribution in [2.24, 2.45) is 5.41 Å². The predicted molar refractivity (Wildman–Crippen MR) is 63.2 cm³/mol. The molecule has 0 spiro atoms. The van der Waals surface area contributed by atoms with Crippen molar-refractivity contribution in [3.63, 3.8) is 0 Å². The summed E-state index contributed by atoms with van der Waals surface area (Å²) in [5.41, 5.74) is 0.676. The third-order valence-electron chi connectivity index (χ3n) is 3.34. The molecule has 0 bridgehead atoms. The molecule has 0 aliphatic carbocycles. The molecule has 0 aromatic carbocycles. The van der Waals surface area contributed by atoms with Gasteiger partial charge in [-0.3, -0.25) is 9.78 Å². The summed E-state index contributed by atoms with van der Waals surface area (Å²) in [5, 5.41) is 3.30. The van der Waals surface area contributed by atoms with Gasteiger partial charge in [0.15, 0.2) is 0 Å². The molecule has 0 saturated carbocycles. The number of hydrogen-bond acceptors (Lipinski definition) is 3. The molecule has 1 aromatic heterocycles. The molecule has 3 heteroatoms. The van der Waals surface area contributed by atoms with E-state index in [1.807, 2.05) is 18.2 Å². The molecule has 1 fully saturated rings. The van der Waals surface area contributed by atoms with E-state index in [1.54, 1.807) is 6.20 Å². The van der Waals surface area contributed by atoms with Crippen molar-refractivity contribution >= 4 is 5.78 Å².